The number of nitrogens with two attached hydrogens (primary N) is 1. The Bertz CT molecular complexity index is 332. The molecule has 0 spiro atoms. The van der Waals surface area contributed by atoms with E-state index >= 15 is 0 Å². The average Bonchev–Trinajstić information content (AvgIpc) is 2.02. The number of aromatic carboxylic acids is 1. The Balaban J connectivity index is 3.34. The van der Waals surface area contributed by atoms with Gasteiger partial charge in [0.05, 0.1) is 5.56 Å². The molecule has 0 fully saturated rings. The highest BCUT2D eigenvalue weighted by Crippen LogP contribution is 2.23. The minimum atomic E-state index is -0.957. The topological polar surface area (TPSA) is 63.3 Å². The van der Waals surface area contributed by atoms with Crippen LogP contribution in [0.15, 0.2) is 18.2 Å². The highest BCUT2D eigenvalue weighted by atomic mass is 16.4. The van der Waals surface area contributed by atoms with Gasteiger partial charge in [-0.05, 0) is 17.5 Å². The van der Waals surface area contributed by atoms with E-state index in [9.17, 15) is 4.79 Å². The Morgan fingerprint density at radius 2 is 2.08 bits per heavy atom. The fourth-order valence-electron chi connectivity index (χ4n) is 1.32. The van der Waals surface area contributed by atoms with Crippen molar-refractivity contribution in [1.82, 2.24) is 0 Å². The lowest BCUT2D eigenvalue weighted by molar-refractivity contribution is 0.0696. The van der Waals surface area contributed by atoms with Gasteiger partial charge in [-0.1, -0.05) is 26.0 Å². The zero-order valence-electron chi connectivity index (χ0n) is 7.74. The molecule has 0 saturated carbocycles. The number of hydrogen-bond acceptors (Lipinski definition) is 2. The number of nitrogen functional groups attached to an aromatic ring is 1. The van der Waals surface area contributed by atoms with E-state index in [1.54, 1.807) is 18.2 Å². The molecule has 0 heterocycles. The van der Waals surface area contributed by atoms with Crippen LogP contribution < -0.4 is 5.73 Å². The first-order valence-electron chi connectivity index (χ1n) is 4.15. The van der Waals surface area contributed by atoms with Gasteiger partial charge in [0.2, 0.25) is 0 Å². The monoisotopic (exact) mass is 179 g/mol. The van der Waals surface area contributed by atoms with Gasteiger partial charge >= 0.3 is 5.97 Å². The molecule has 0 aromatic heterocycles. The molecular weight excluding hydrogens is 166 g/mol. The zero-order chi connectivity index (χ0) is 10.0. The van der Waals surface area contributed by atoms with Crippen molar-refractivity contribution in [3.05, 3.63) is 29.3 Å². The van der Waals surface area contributed by atoms with E-state index in [-0.39, 0.29) is 11.5 Å². The SMILES string of the molecule is CC(C)c1cccc(N)c1C(=O)O. The largest absolute Gasteiger partial charge is 0.478 e. The van der Waals surface area contributed by atoms with Crippen molar-refractivity contribution in [3.63, 3.8) is 0 Å². The second-order valence-corrected chi connectivity index (χ2v) is 3.27. The lowest BCUT2D eigenvalue weighted by Crippen LogP contribution is -2.07. The van der Waals surface area contributed by atoms with Crippen LogP contribution in [0.25, 0.3) is 0 Å². The standard InChI is InChI=1S/C10H13NO2/c1-6(2)7-4-3-5-8(11)9(7)10(12)13/h3-6H,11H2,1-2H3,(H,12,13). The Morgan fingerprint density at radius 3 is 2.46 bits per heavy atom. The molecule has 0 aliphatic carbocycles. The van der Waals surface area contributed by atoms with Gasteiger partial charge in [-0.2, -0.15) is 0 Å². The van der Waals surface area contributed by atoms with Gasteiger partial charge in [0, 0.05) is 5.69 Å². The lowest BCUT2D eigenvalue weighted by atomic mass is 9.96. The lowest BCUT2D eigenvalue weighted by Gasteiger charge is -2.10. The number of carboxylic acids is 1. The molecule has 0 radical (unpaired) electrons. The number of carbonyl (C=O) groups is 1. The summed E-state index contributed by atoms with van der Waals surface area (Å²) in [4.78, 5) is 10.9. The molecule has 3 N–H and O–H groups in total. The van der Waals surface area contributed by atoms with Gasteiger partial charge < -0.3 is 10.8 Å². The molecular formula is C10H13NO2. The van der Waals surface area contributed by atoms with E-state index in [0.29, 0.717) is 5.69 Å². The summed E-state index contributed by atoms with van der Waals surface area (Å²) in [5.74, 6) is -0.781. The first kappa shape index (κ1) is 9.58. The molecule has 0 aliphatic rings. The van der Waals surface area contributed by atoms with Crippen molar-refractivity contribution in [1.29, 1.82) is 0 Å². The maximum absolute atomic E-state index is 10.9. The van der Waals surface area contributed by atoms with Gasteiger partial charge in [0.15, 0.2) is 0 Å². The van der Waals surface area contributed by atoms with Crippen LogP contribution in [-0.4, -0.2) is 11.1 Å². The third-order valence-electron chi connectivity index (χ3n) is 1.96. The summed E-state index contributed by atoms with van der Waals surface area (Å²) < 4.78 is 0. The van der Waals surface area contributed by atoms with E-state index in [2.05, 4.69) is 0 Å². The van der Waals surface area contributed by atoms with Crippen LogP contribution in [0.3, 0.4) is 0 Å². The second-order valence-electron chi connectivity index (χ2n) is 3.27. The Labute approximate surface area is 77.2 Å². The molecule has 0 bridgehead atoms. The maximum atomic E-state index is 10.9. The minimum absolute atomic E-state index is 0.176. The average molecular weight is 179 g/mol. The van der Waals surface area contributed by atoms with E-state index < -0.39 is 5.97 Å². The van der Waals surface area contributed by atoms with E-state index in [4.69, 9.17) is 10.8 Å². The summed E-state index contributed by atoms with van der Waals surface area (Å²) in [6.45, 7) is 3.89. The zero-order valence-corrected chi connectivity index (χ0v) is 7.74. The highest BCUT2D eigenvalue weighted by Gasteiger charge is 2.15. The van der Waals surface area contributed by atoms with Crippen molar-refractivity contribution in [2.75, 3.05) is 5.73 Å². The third-order valence-corrected chi connectivity index (χ3v) is 1.96. The molecule has 70 valence electrons. The molecule has 1 aromatic rings. The molecule has 1 aromatic carbocycles. The van der Waals surface area contributed by atoms with Crippen LogP contribution >= 0.6 is 0 Å². The smallest absolute Gasteiger partial charge is 0.338 e. The van der Waals surface area contributed by atoms with E-state index in [1.807, 2.05) is 13.8 Å². The van der Waals surface area contributed by atoms with Crippen LogP contribution in [0, 0.1) is 0 Å². The molecule has 0 unspecified atom stereocenters. The third kappa shape index (κ3) is 1.80. The Morgan fingerprint density at radius 1 is 1.46 bits per heavy atom. The van der Waals surface area contributed by atoms with Gasteiger partial charge in [-0.25, -0.2) is 4.79 Å². The number of benzene rings is 1. The first-order chi connectivity index (χ1) is 6.04. The molecule has 0 aliphatic heterocycles. The summed E-state index contributed by atoms with van der Waals surface area (Å²) in [5.41, 5.74) is 6.93. The van der Waals surface area contributed by atoms with Crippen LogP contribution in [-0.2, 0) is 0 Å². The van der Waals surface area contributed by atoms with Crippen molar-refractivity contribution < 1.29 is 9.90 Å². The fourth-order valence-corrected chi connectivity index (χ4v) is 1.32. The Hall–Kier alpha value is -1.51. The molecule has 1 rings (SSSR count). The van der Waals surface area contributed by atoms with E-state index in [0.717, 1.165) is 5.56 Å². The van der Waals surface area contributed by atoms with Crippen LogP contribution in [0.2, 0.25) is 0 Å². The summed E-state index contributed by atoms with van der Waals surface area (Å²) in [7, 11) is 0. The number of hydrogen-bond donors (Lipinski definition) is 2. The maximum Gasteiger partial charge on any atom is 0.338 e. The first-order valence-corrected chi connectivity index (χ1v) is 4.15. The molecule has 0 atom stereocenters. The minimum Gasteiger partial charge on any atom is -0.478 e. The van der Waals surface area contributed by atoms with Gasteiger partial charge in [0.1, 0.15) is 0 Å². The van der Waals surface area contributed by atoms with Crippen molar-refractivity contribution in [2.24, 2.45) is 0 Å². The van der Waals surface area contributed by atoms with Crippen LogP contribution in [0.5, 0.6) is 0 Å². The second kappa shape index (κ2) is 3.47. The normalized spacial score (nSPS) is 10.4. The predicted molar refractivity (Wildman–Crippen MR) is 51.9 cm³/mol. The van der Waals surface area contributed by atoms with Gasteiger partial charge in [-0.15, -0.1) is 0 Å². The van der Waals surface area contributed by atoms with Crippen molar-refractivity contribution in [2.45, 2.75) is 19.8 Å². The quantitative estimate of drug-likeness (QED) is 0.683. The van der Waals surface area contributed by atoms with Crippen LogP contribution in [0.1, 0.15) is 35.7 Å². The summed E-state index contributed by atoms with van der Waals surface area (Å²) in [5, 5.41) is 8.92. The van der Waals surface area contributed by atoms with Crippen molar-refractivity contribution >= 4 is 11.7 Å². The summed E-state index contributed by atoms with van der Waals surface area (Å²) >= 11 is 0. The van der Waals surface area contributed by atoms with Gasteiger partial charge in [-0.3, -0.25) is 0 Å². The van der Waals surface area contributed by atoms with E-state index in [1.165, 1.54) is 0 Å². The van der Waals surface area contributed by atoms with Crippen molar-refractivity contribution in [3.8, 4) is 0 Å². The number of rotatable bonds is 2. The summed E-state index contributed by atoms with van der Waals surface area (Å²) in [6, 6.07) is 5.18. The highest BCUT2D eigenvalue weighted by molar-refractivity contribution is 5.95. The molecule has 0 saturated heterocycles. The molecule has 13 heavy (non-hydrogen) atoms. The number of anilines is 1. The predicted octanol–water partition coefficient (Wildman–Crippen LogP) is 2.09. The molecule has 3 heteroatoms. The summed E-state index contributed by atoms with van der Waals surface area (Å²) in [6.07, 6.45) is 0. The Kier molecular flexibility index (Phi) is 2.56. The fraction of sp³-hybridized carbons (Fsp3) is 0.300. The molecule has 3 nitrogen and oxygen atoms in total. The van der Waals surface area contributed by atoms with Crippen LogP contribution in [0.4, 0.5) is 5.69 Å². The number of carboxylic acid groups (broad SMARTS) is 1. The van der Waals surface area contributed by atoms with Gasteiger partial charge in [0.25, 0.3) is 0 Å². The molecule has 0 amide bonds.